The first kappa shape index (κ1) is 44.3. The number of aliphatic hydroxyl groups excluding tert-OH is 2. The number of hydrogen-bond acceptors (Lipinski definition) is 6. The van der Waals surface area contributed by atoms with Crippen molar-refractivity contribution in [1.29, 1.82) is 0 Å². The van der Waals surface area contributed by atoms with Crippen LogP contribution in [0.3, 0.4) is 0 Å². The van der Waals surface area contributed by atoms with Gasteiger partial charge in [0.1, 0.15) is 41.4 Å². The number of aromatic hydroxyl groups is 1. The lowest BCUT2D eigenvalue weighted by Crippen LogP contribution is -2.55. The molecular formula is C51H46F4N2O6. The summed E-state index contributed by atoms with van der Waals surface area (Å²) in [7, 11) is 0. The van der Waals surface area contributed by atoms with Crippen molar-refractivity contribution in [3.63, 3.8) is 0 Å². The topological polar surface area (TPSA) is 111 Å². The van der Waals surface area contributed by atoms with Gasteiger partial charge in [0.2, 0.25) is 11.8 Å². The SMILES string of the molecule is C=CCOc1ccc([C@@H]2[C@@H](CC[C@H](O)c3ccc(F)cc3)C(=O)N2c2ccc(F)cc2)cc1.O=C1[C@H](CC[C@H](O)c2ccc(F)cc2)[C@@H](c2ccc(O)cc2)N1c1ccc(F)cc1. The van der Waals surface area contributed by atoms with Gasteiger partial charge in [-0.3, -0.25) is 9.59 Å². The van der Waals surface area contributed by atoms with Crippen molar-refractivity contribution >= 4 is 23.2 Å². The summed E-state index contributed by atoms with van der Waals surface area (Å²) in [4.78, 5) is 29.3. The van der Waals surface area contributed by atoms with Crippen LogP contribution in [-0.2, 0) is 9.59 Å². The number of rotatable bonds is 15. The highest BCUT2D eigenvalue weighted by Crippen LogP contribution is 2.48. The first-order valence-electron chi connectivity index (χ1n) is 20.6. The standard InChI is InChI=1S/C27H25F2NO3.C24H21F2NO3/c1-2-17-33-23-13-5-19(6-14-23)26-24(15-16-25(31)18-3-7-20(28)8-4-18)27(32)30(26)22-11-9-21(29)10-12-22;25-17-5-1-15(2-6-17)22(29)14-13-21-23(16-3-11-20(28)12-4-16)27(24(21)30)19-9-7-18(26)8-10-19/h2-14,24-26,31H,1,15-17H2;1-12,21-23,28-29H,13-14H2/t24-,25+,26-;21-,22+,23-/m11/s1. The number of phenolic OH excluding ortho intramolecular Hbond substituents is 1. The average Bonchev–Trinajstić information content (AvgIpc) is 3.29. The zero-order valence-corrected chi connectivity index (χ0v) is 34.1. The van der Waals surface area contributed by atoms with Crippen LogP contribution >= 0.6 is 0 Å². The molecule has 0 unspecified atom stereocenters. The Kier molecular flexibility index (Phi) is 14.0. The number of amides is 2. The fourth-order valence-electron chi connectivity index (χ4n) is 8.17. The molecule has 2 amide bonds. The molecule has 0 radical (unpaired) electrons. The van der Waals surface area contributed by atoms with Gasteiger partial charge in [-0.25, -0.2) is 17.6 Å². The number of β-lactam (4-membered cyclic amide) rings is 2. The second-order valence-electron chi connectivity index (χ2n) is 15.5. The number of anilines is 2. The van der Waals surface area contributed by atoms with Crippen molar-refractivity contribution < 1.29 is 47.2 Å². The van der Waals surface area contributed by atoms with Gasteiger partial charge in [-0.15, -0.1) is 0 Å². The summed E-state index contributed by atoms with van der Waals surface area (Å²) in [6, 6.07) is 36.5. The largest absolute Gasteiger partial charge is 0.508 e. The highest BCUT2D eigenvalue weighted by Gasteiger charge is 2.49. The predicted molar refractivity (Wildman–Crippen MR) is 232 cm³/mol. The van der Waals surface area contributed by atoms with Gasteiger partial charge in [-0.1, -0.05) is 61.2 Å². The summed E-state index contributed by atoms with van der Waals surface area (Å²) in [5.41, 5.74) is 4.19. The van der Waals surface area contributed by atoms with Crippen LogP contribution < -0.4 is 14.5 Å². The molecule has 0 saturated carbocycles. The monoisotopic (exact) mass is 858 g/mol. The third-order valence-corrected chi connectivity index (χ3v) is 11.5. The molecule has 0 aromatic heterocycles. The first-order chi connectivity index (χ1) is 30.4. The van der Waals surface area contributed by atoms with E-state index in [9.17, 15) is 42.5 Å². The number of nitrogens with zero attached hydrogens (tertiary/aromatic N) is 2. The fourth-order valence-corrected chi connectivity index (χ4v) is 8.17. The van der Waals surface area contributed by atoms with Crippen LogP contribution in [0.4, 0.5) is 28.9 Å². The van der Waals surface area contributed by atoms with Crippen LogP contribution in [0.1, 0.15) is 72.2 Å². The number of ether oxygens (including phenoxy) is 1. The Morgan fingerprint density at radius 3 is 1.25 bits per heavy atom. The van der Waals surface area contributed by atoms with E-state index in [-0.39, 0.29) is 64.8 Å². The molecule has 0 bridgehead atoms. The Hall–Kier alpha value is -6.76. The van der Waals surface area contributed by atoms with Gasteiger partial charge >= 0.3 is 0 Å². The third kappa shape index (κ3) is 10.3. The number of benzene rings is 6. The Morgan fingerprint density at radius 1 is 0.540 bits per heavy atom. The van der Waals surface area contributed by atoms with Gasteiger partial charge < -0.3 is 29.9 Å². The summed E-state index contributed by atoms with van der Waals surface area (Å²) in [6.07, 6.45) is 1.64. The zero-order valence-electron chi connectivity index (χ0n) is 34.1. The molecule has 2 fully saturated rings. The normalized spacial score (nSPS) is 19.0. The molecule has 12 heteroatoms. The van der Waals surface area contributed by atoms with Crippen LogP contribution in [0.5, 0.6) is 11.5 Å². The number of carbonyl (C=O) groups excluding carboxylic acids is 2. The van der Waals surface area contributed by atoms with Gasteiger partial charge in [0.15, 0.2) is 0 Å². The number of phenols is 1. The van der Waals surface area contributed by atoms with E-state index in [4.69, 9.17) is 4.74 Å². The lowest BCUT2D eigenvalue weighted by molar-refractivity contribution is -0.131. The molecule has 0 aliphatic carbocycles. The maximum atomic E-state index is 13.4. The van der Waals surface area contributed by atoms with Crippen molar-refractivity contribution in [2.45, 2.75) is 50.0 Å². The molecule has 2 aliphatic rings. The van der Waals surface area contributed by atoms with E-state index in [0.717, 1.165) is 11.1 Å². The minimum Gasteiger partial charge on any atom is -0.508 e. The van der Waals surface area contributed by atoms with E-state index in [1.54, 1.807) is 76.5 Å². The van der Waals surface area contributed by atoms with E-state index in [0.29, 0.717) is 60.5 Å². The summed E-state index contributed by atoms with van der Waals surface area (Å²) in [6.45, 7) is 4.03. The van der Waals surface area contributed by atoms with Gasteiger partial charge in [-0.05, 0) is 145 Å². The zero-order chi connectivity index (χ0) is 44.6. The first-order valence-corrected chi connectivity index (χ1v) is 20.6. The molecular weight excluding hydrogens is 813 g/mol. The van der Waals surface area contributed by atoms with Crippen molar-refractivity contribution in [1.82, 2.24) is 0 Å². The van der Waals surface area contributed by atoms with Gasteiger partial charge in [-0.2, -0.15) is 0 Å². The quantitative estimate of drug-likeness (QED) is 0.0539. The number of aliphatic hydroxyl groups is 2. The van der Waals surface area contributed by atoms with E-state index >= 15 is 0 Å². The molecule has 2 heterocycles. The summed E-state index contributed by atoms with van der Waals surface area (Å²) >= 11 is 0. The fraction of sp³-hybridized carbons (Fsp3) is 0.216. The summed E-state index contributed by atoms with van der Waals surface area (Å²) < 4.78 is 58.6. The molecule has 6 aromatic carbocycles. The number of halogens is 4. The molecule has 6 atom stereocenters. The number of hydrogen-bond donors (Lipinski definition) is 3. The molecule has 2 aliphatic heterocycles. The van der Waals surface area contributed by atoms with Crippen molar-refractivity contribution in [3.05, 3.63) is 204 Å². The molecule has 0 spiro atoms. The van der Waals surface area contributed by atoms with E-state index in [2.05, 4.69) is 6.58 Å². The second kappa shape index (κ2) is 20.0. The Balaban J connectivity index is 0.000000190. The van der Waals surface area contributed by atoms with E-state index in [1.807, 2.05) is 24.3 Å². The lowest BCUT2D eigenvalue weighted by atomic mass is 9.78. The second-order valence-corrected chi connectivity index (χ2v) is 15.5. The Morgan fingerprint density at radius 2 is 0.889 bits per heavy atom. The molecule has 8 nitrogen and oxygen atoms in total. The summed E-state index contributed by atoms with van der Waals surface area (Å²) in [5, 5.41) is 30.6. The predicted octanol–water partition coefficient (Wildman–Crippen LogP) is 10.6. The Labute approximate surface area is 362 Å². The maximum absolute atomic E-state index is 13.4. The minimum atomic E-state index is -0.807. The molecule has 3 N–H and O–H groups in total. The Bertz CT molecular complexity index is 2470. The van der Waals surface area contributed by atoms with Crippen LogP contribution in [0.2, 0.25) is 0 Å². The van der Waals surface area contributed by atoms with Gasteiger partial charge in [0.25, 0.3) is 0 Å². The van der Waals surface area contributed by atoms with Gasteiger partial charge in [0, 0.05) is 11.4 Å². The van der Waals surface area contributed by atoms with Crippen molar-refractivity contribution in [2.24, 2.45) is 11.8 Å². The van der Waals surface area contributed by atoms with E-state index in [1.165, 1.54) is 60.7 Å². The van der Waals surface area contributed by atoms with Crippen LogP contribution in [-0.4, -0.2) is 33.7 Å². The van der Waals surface area contributed by atoms with Crippen molar-refractivity contribution in [2.75, 3.05) is 16.4 Å². The van der Waals surface area contributed by atoms with Crippen molar-refractivity contribution in [3.8, 4) is 11.5 Å². The lowest BCUT2D eigenvalue weighted by Gasteiger charge is -2.48. The maximum Gasteiger partial charge on any atom is 0.233 e. The highest BCUT2D eigenvalue weighted by molar-refractivity contribution is 6.04. The molecule has 63 heavy (non-hydrogen) atoms. The van der Waals surface area contributed by atoms with Crippen LogP contribution in [0.25, 0.3) is 0 Å². The third-order valence-electron chi connectivity index (χ3n) is 11.5. The number of carbonyl (C=O) groups is 2. The smallest absolute Gasteiger partial charge is 0.233 e. The van der Waals surface area contributed by atoms with Crippen LogP contribution in [0.15, 0.2) is 158 Å². The molecule has 2 saturated heterocycles. The minimum absolute atomic E-state index is 0.0788. The van der Waals surface area contributed by atoms with E-state index < -0.39 is 12.2 Å². The summed E-state index contributed by atoms with van der Waals surface area (Å²) in [5.74, 6) is -1.56. The molecule has 8 rings (SSSR count). The van der Waals surface area contributed by atoms with Crippen LogP contribution in [0, 0.1) is 35.1 Å². The molecule has 324 valence electrons. The average molecular weight is 859 g/mol. The van der Waals surface area contributed by atoms with Gasteiger partial charge in [0.05, 0.1) is 36.1 Å². The molecule has 6 aromatic rings. The highest BCUT2D eigenvalue weighted by atomic mass is 19.1.